The lowest BCUT2D eigenvalue weighted by atomic mass is 9.92. The van der Waals surface area contributed by atoms with Gasteiger partial charge in [-0.15, -0.1) is 0 Å². The molecule has 35 heavy (non-hydrogen) atoms. The lowest BCUT2D eigenvalue weighted by molar-refractivity contribution is -0.133. The van der Waals surface area contributed by atoms with Crippen molar-refractivity contribution in [3.05, 3.63) is 84.7 Å². The molecule has 0 spiro atoms. The summed E-state index contributed by atoms with van der Waals surface area (Å²) in [6.07, 6.45) is 1.75. The van der Waals surface area contributed by atoms with Crippen LogP contribution in [-0.4, -0.2) is 46.0 Å². The van der Waals surface area contributed by atoms with E-state index in [-0.39, 0.29) is 0 Å². The molecule has 4 amide bonds. The predicted octanol–water partition coefficient (Wildman–Crippen LogP) is 3.44. The van der Waals surface area contributed by atoms with E-state index in [1.807, 2.05) is 41.0 Å². The topological polar surface area (TPSA) is 106 Å². The minimum atomic E-state index is -1.27. The van der Waals surface area contributed by atoms with E-state index in [9.17, 15) is 14.4 Å². The molecule has 1 aliphatic heterocycles. The molecule has 1 fully saturated rings. The molecule has 0 aliphatic carbocycles. The number of hydrogen-bond acceptors (Lipinski definition) is 5. The van der Waals surface area contributed by atoms with Crippen molar-refractivity contribution in [3.63, 3.8) is 0 Å². The van der Waals surface area contributed by atoms with Crippen LogP contribution in [-0.2, 0) is 15.1 Å². The summed E-state index contributed by atoms with van der Waals surface area (Å²) in [6, 6.07) is 21.3. The van der Waals surface area contributed by atoms with Crippen LogP contribution in [0.2, 0.25) is 0 Å². The number of amides is 4. The number of imidazole rings is 1. The molecule has 1 atom stereocenters. The van der Waals surface area contributed by atoms with Crippen LogP contribution >= 0.6 is 0 Å². The highest BCUT2D eigenvalue weighted by molar-refractivity contribution is 6.10. The third-order valence-electron chi connectivity index (χ3n) is 6.13. The van der Waals surface area contributed by atoms with Gasteiger partial charge in [-0.05, 0) is 61.0 Å². The minimum Gasteiger partial charge on any atom is -0.497 e. The van der Waals surface area contributed by atoms with Gasteiger partial charge >= 0.3 is 6.03 Å². The fourth-order valence-electron chi connectivity index (χ4n) is 4.17. The molecule has 0 bridgehead atoms. The molecule has 2 N–H and O–H groups in total. The van der Waals surface area contributed by atoms with Crippen molar-refractivity contribution in [2.45, 2.75) is 12.5 Å². The van der Waals surface area contributed by atoms with Crippen LogP contribution < -0.4 is 15.4 Å². The normalized spacial score (nSPS) is 17.5. The number of carbonyl (C=O) groups is 3. The largest absolute Gasteiger partial charge is 0.497 e. The number of fused-ring (bicyclic) bond motifs is 1. The van der Waals surface area contributed by atoms with E-state index in [2.05, 4.69) is 15.6 Å². The highest BCUT2D eigenvalue weighted by Crippen LogP contribution is 2.30. The summed E-state index contributed by atoms with van der Waals surface area (Å²) < 4.78 is 7.10. The van der Waals surface area contributed by atoms with E-state index in [0.29, 0.717) is 17.0 Å². The van der Waals surface area contributed by atoms with Crippen molar-refractivity contribution in [2.75, 3.05) is 19.0 Å². The lowest BCUT2D eigenvalue weighted by Gasteiger charge is -2.22. The summed E-state index contributed by atoms with van der Waals surface area (Å²) in [5.74, 6) is -0.337. The molecule has 176 valence electrons. The zero-order valence-electron chi connectivity index (χ0n) is 19.2. The van der Waals surface area contributed by atoms with E-state index in [1.54, 1.807) is 56.8 Å². The van der Waals surface area contributed by atoms with Gasteiger partial charge in [0, 0.05) is 11.4 Å². The van der Waals surface area contributed by atoms with Gasteiger partial charge in [0.25, 0.3) is 5.91 Å². The molecule has 2 heterocycles. The highest BCUT2D eigenvalue weighted by Gasteiger charge is 2.49. The lowest BCUT2D eigenvalue weighted by Crippen LogP contribution is -2.42. The van der Waals surface area contributed by atoms with Gasteiger partial charge < -0.3 is 15.4 Å². The molecule has 1 aliphatic rings. The molecular formula is C26H23N5O4. The number of nitrogens with one attached hydrogen (secondary N) is 2. The monoisotopic (exact) mass is 469 g/mol. The first kappa shape index (κ1) is 22.1. The first-order valence-electron chi connectivity index (χ1n) is 11.0. The van der Waals surface area contributed by atoms with E-state index < -0.39 is 29.9 Å². The summed E-state index contributed by atoms with van der Waals surface area (Å²) in [5.41, 5.74) is 2.64. The standard InChI is InChI=1S/C26H23N5O4/c1-26(17-7-13-20(35-2)14-8-17)24(33)30(25(34)29-26)15-23(32)28-18-9-11-19(12-10-18)31-16-27-21-5-3-4-6-22(21)31/h3-14,16H,15H2,1-2H3,(H,28,32)(H,29,34). The summed E-state index contributed by atoms with van der Waals surface area (Å²) in [7, 11) is 1.55. The summed E-state index contributed by atoms with van der Waals surface area (Å²) in [6.45, 7) is 1.22. The van der Waals surface area contributed by atoms with Gasteiger partial charge in [-0.3, -0.25) is 19.1 Å². The molecule has 1 aromatic heterocycles. The number of para-hydroxylation sites is 2. The third-order valence-corrected chi connectivity index (χ3v) is 6.13. The number of anilines is 1. The van der Waals surface area contributed by atoms with E-state index in [4.69, 9.17) is 4.74 Å². The molecule has 0 radical (unpaired) electrons. The second-order valence-corrected chi connectivity index (χ2v) is 8.37. The number of benzene rings is 3. The molecule has 1 saturated heterocycles. The number of ether oxygens (including phenoxy) is 1. The molecule has 3 aromatic carbocycles. The van der Waals surface area contributed by atoms with Gasteiger partial charge in [0.05, 0.1) is 18.1 Å². The number of rotatable bonds is 6. The summed E-state index contributed by atoms with van der Waals surface area (Å²) in [4.78, 5) is 43.6. The first-order chi connectivity index (χ1) is 16.9. The second kappa shape index (κ2) is 8.60. The third kappa shape index (κ3) is 3.97. The van der Waals surface area contributed by atoms with Crippen LogP contribution in [0.4, 0.5) is 10.5 Å². The molecule has 0 saturated carbocycles. The van der Waals surface area contributed by atoms with Crippen LogP contribution in [0.1, 0.15) is 12.5 Å². The maximum atomic E-state index is 13.1. The first-order valence-corrected chi connectivity index (χ1v) is 11.0. The fraction of sp³-hybridized carbons (Fsp3) is 0.154. The number of methoxy groups -OCH3 is 1. The Morgan fingerprint density at radius 2 is 1.74 bits per heavy atom. The van der Waals surface area contributed by atoms with Crippen LogP contribution in [0.3, 0.4) is 0 Å². The molecule has 9 heteroatoms. The zero-order chi connectivity index (χ0) is 24.6. The quantitative estimate of drug-likeness (QED) is 0.421. The molecular weight excluding hydrogens is 446 g/mol. The Bertz CT molecular complexity index is 1430. The van der Waals surface area contributed by atoms with Gasteiger partial charge in [0.1, 0.15) is 24.2 Å². The number of nitrogens with zero attached hydrogens (tertiary/aromatic N) is 3. The van der Waals surface area contributed by atoms with Crippen LogP contribution in [0.5, 0.6) is 5.75 Å². The molecule has 5 rings (SSSR count). The number of imide groups is 1. The van der Waals surface area contributed by atoms with Crippen molar-refractivity contribution in [1.29, 1.82) is 0 Å². The Kier molecular flexibility index (Phi) is 5.44. The van der Waals surface area contributed by atoms with Crippen molar-refractivity contribution in [3.8, 4) is 11.4 Å². The predicted molar refractivity (Wildman–Crippen MR) is 130 cm³/mol. The molecule has 9 nitrogen and oxygen atoms in total. The summed E-state index contributed by atoms with van der Waals surface area (Å²) in [5, 5.41) is 5.45. The maximum absolute atomic E-state index is 13.1. The van der Waals surface area contributed by atoms with Gasteiger partial charge in [-0.1, -0.05) is 24.3 Å². The van der Waals surface area contributed by atoms with Crippen molar-refractivity contribution >= 4 is 34.6 Å². The second-order valence-electron chi connectivity index (χ2n) is 8.37. The van der Waals surface area contributed by atoms with E-state index >= 15 is 0 Å². The smallest absolute Gasteiger partial charge is 0.325 e. The average Bonchev–Trinajstić information content (AvgIpc) is 3.40. The minimum absolute atomic E-state index is 0.398. The van der Waals surface area contributed by atoms with E-state index in [1.165, 1.54) is 0 Å². The Morgan fingerprint density at radius 1 is 1.03 bits per heavy atom. The number of urea groups is 1. The Labute approximate surface area is 201 Å². The molecule has 4 aromatic rings. The average molecular weight is 470 g/mol. The zero-order valence-corrected chi connectivity index (χ0v) is 19.2. The van der Waals surface area contributed by atoms with Crippen LogP contribution in [0.25, 0.3) is 16.7 Å². The van der Waals surface area contributed by atoms with Gasteiger partial charge in [-0.2, -0.15) is 0 Å². The Morgan fingerprint density at radius 3 is 2.46 bits per heavy atom. The van der Waals surface area contributed by atoms with Crippen LogP contribution in [0.15, 0.2) is 79.1 Å². The number of carbonyl (C=O) groups excluding carboxylic acids is 3. The van der Waals surface area contributed by atoms with Crippen molar-refractivity contribution in [1.82, 2.24) is 19.8 Å². The van der Waals surface area contributed by atoms with Gasteiger partial charge in [0.2, 0.25) is 5.91 Å². The number of aromatic nitrogens is 2. The Hall–Kier alpha value is -4.66. The Balaban J connectivity index is 1.26. The van der Waals surface area contributed by atoms with Gasteiger partial charge in [-0.25, -0.2) is 9.78 Å². The molecule has 1 unspecified atom stereocenters. The van der Waals surface area contributed by atoms with Gasteiger partial charge in [0.15, 0.2) is 0 Å². The van der Waals surface area contributed by atoms with E-state index in [0.717, 1.165) is 21.6 Å². The summed E-state index contributed by atoms with van der Waals surface area (Å²) >= 11 is 0. The number of hydrogen-bond donors (Lipinski definition) is 2. The fourth-order valence-corrected chi connectivity index (χ4v) is 4.17. The van der Waals surface area contributed by atoms with Crippen LogP contribution in [0, 0.1) is 0 Å². The van der Waals surface area contributed by atoms with Crippen molar-refractivity contribution in [2.24, 2.45) is 0 Å². The maximum Gasteiger partial charge on any atom is 0.325 e. The van der Waals surface area contributed by atoms with Crippen molar-refractivity contribution < 1.29 is 19.1 Å². The highest BCUT2D eigenvalue weighted by atomic mass is 16.5. The SMILES string of the molecule is COc1ccc(C2(C)NC(=O)N(CC(=O)Nc3ccc(-n4cnc5ccccc54)cc3)C2=O)cc1.